The Balaban J connectivity index is 1.92. The van der Waals surface area contributed by atoms with Gasteiger partial charge in [-0.2, -0.15) is 0 Å². The van der Waals surface area contributed by atoms with Gasteiger partial charge in [0.05, 0.1) is 5.69 Å². The lowest BCUT2D eigenvalue weighted by Crippen LogP contribution is -2.29. The van der Waals surface area contributed by atoms with Crippen molar-refractivity contribution in [2.24, 2.45) is 11.8 Å². The highest BCUT2D eigenvalue weighted by atomic mass is 16.2. The van der Waals surface area contributed by atoms with E-state index in [9.17, 15) is 4.79 Å². The number of carbonyl (C=O) groups is 1. The van der Waals surface area contributed by atoms with E-state index in [1.54, 1.807) is 17.2 Å². The molecule has 2 atom stereocenters. The van der Waals surface area contributed by atoms with Crippen molar-refractivity contribution in [1.29, 1.82) is 0 Å². The maximum atomic E-state index is 11.8. The third-order valence-corrected chi connectivity index (χ3v) is 3.39. The van der Waals surface area contributed by atoms with Crippen LogP contribution < -0.4 is 4.90 Å². The second-order valence-electron chi connectivity index (χ2n) is 4.47. The van der Waals surface area contributed by atoms with Crippen LogP contribution >= 0.6 is 0 Å². The molecule has 1 saturated heterocycles. The van der Waals surface area contributed by atoms with Crippen LogP contribution in [0.1, 0.15) is 17.7 Å². The van der Waals surface area contributed by atoms with Gasteiger partial charge in [-0.25, -0.2) is 9.97 Å². The van der Waals surface area contributed by atoms with Crippen LogP contribution in [-0.2, 0) is 4.79 Å². The Morgan fingerprint density at radius 3 is 3.00 bits per heavy atom. The van der Waals surface area contributed by atoms with Crippen LogP contribution in [0.3, 0.4) is 0 Å². The molecule has 1 amide bonds. The molecule has 1 aliphatic heterocycles. The van der Waals surface area contributed by atoms with Crippen LogP contribution in [0.25, 0.3) is 6.08 Å². The smallest absolute Gasteiger partial charge is 0.232 e. The molecule has 1 aliphatic carbocycles. The number of nitrogens with zero attached hydrogens (tertiary/aromatic N) is 3. The Kier molecular flexibility index (Phi) is 1.87. The number of fused-ring (bicyclic) bond motifs is 1. The number of hydrogen-bond donors (Lipinski definition) is 0. The monoisotopic (exact) mass is 215 g/mol. The number of amides is 1. The van der Waals surface area contributed by atoms with Crippen LogP contribution in [0.2, 0.25) is 0 Å². The highest BCUT2D eigenvalue weighted by Gasteiger charge is 2.53. The summed E-state index contributed by atoms with van der Waals surface area (Å²) in [6, 6.07) is 0. The van der Waals surface area contributed by atoms with Gasteiger partial charge in [-0.3, -0.25) is 9.69 Å². The first-order valence-corrected chi connectivity index (χ1v) is 5.48. The lowest BCUT2D eigenvalue weighted by atomic mass is 10.2. The summed E-state index contributed by atoms with van der Waals surface area (Å²) in [5.41, 5.74) is 1.79. The zero-order valence-electron chi connectivity index (χ0n) is 9.18. The second-order valence-corrected chi connectivity index (χ2v) is 4.47. The van der Waals surface area contributed by atoms with Crippen LogP contribution in [0.4, 0.5) is 5.95 Å². The average molecular weight is 215 g/mol. The minimum Gasteiger partial charge on any atom is -0.280 e. The summed E-state index contributed by atoms with van der Waals surface area (Å²) in [6.45, 7) is 6.39. The molecule has 3 rings (SSSR count). The first-order valence-electron chi connectivity index (χ1n) is 5.48. The third kappa shape index (κ3) is 1.26. The number of aryl methyl sites for hydroxylation is 1. The predicted molar refractivity (Wildman–Crippen MR) is 60.8 cm³/mol. The van der Waals surface area contributed by atoms with Gasteiger partial charge < -0.3 is 0 Å². The molecule has 1 saturated carbocycles. The van der Waals surface area contributed by atoms with Crippen molar-refractivity contribution in [3.8, 4) is 0 Å². The molecule has 2 fully saturated rings. The molecule has 0 N–H and O–H groups in total. The van der Waals surface area contributed by atoms with Crippen LogP contribution in [0.5, 0.6) is 0 Å². The highest BCUT2D eigenvalue weighted by Crippen LogP contribution is 2.46. The number of carbonyl (C=O) groups excluding carboxylic acids is 1. The maximum Gasteiger partial charge on any atom is 0.232 e. The summed E-state index contributed by atoms with van der Waals surface area (Å²) in [5, 5.41) is 0. The van der Waals surface area contributed by atoms with E-state index < -0.39 is 0 Å². The molecule has 0 radical (unpaired) electrons. The topological polar surface area (TPSA) is 46.1 Å². The van der Waals surface area contributed by atoms with Gasteiger partial charge in [0.15, 0.2) is 0 Å². The van der Waals surface area contributed by atoms with Gasteiger partial charge in [-0.05, 0) is 19.3 Å². The lowest BCUT2D eigenvalue weighted by Gasteiger charge is -2.16. The minimum absolute atomic E-state index is 0.191. The Hall–Kier alpha value is -1.71. The highest BCUT2D eigenvalue weighted by molar-refractivity contribution is 5.98. The fourth-order valence-corrected chi connectivity index (χ4v) is 2.25. The second kappa shape index (κ2) is 3.14. The molecule has 1 aromatic rings. The van der Waals surface area contributed by atoms with E-state index in [1.165, 1.54) is 0 Å². The molecular formula is C12H13N3O. The van der Waals surface area contributed by atoms with E-state index in [0.717, 1.165) is 24.2 Å². The van der Waals surface area contributed by atoms with Gasteiger partial charge in [0.1, 0.15) is 0 Å². The van der Waals surface area contributed by atoms with E-state index >= 15 is 0 Å². The molecule has 4 nitrogen and oxygen atoms in total. The van der Waals surface area contributed by atoms with Gasteiger partial charge >= 0.3 is 0 Å². The van der Waals surface area contributed by atoms with Gasteiger partial charge in [0.25, 0.3) is 0 Å². The number of aromatic nitrogens is 2. The largest absolute Gasteiger partial charge is 0.280 e. The fraction of sp³-hybridized carbons (Fsp3) is 0.417. The Bertz CT molecular complexity index is 483. The summed E-state index contributed by atoms with van der Waals surface area (Å²) in [4.78, 5) is 22.1. The number of hydrogen-bond acceptors (Lipinski definition) is 3. The minimum atomic E-state index is 0.191. The van der Waals surface area contributed by atoms with Crippen molar-refractivity contribution in [1.82, 2.24) is 9.97 Å². The van der Waals surface area contributed by atoms with Crippen LogP contribution in [0.15, 0.2) is 12.8 Å². The summed E-state index contributed by atoms with van der Waals surface area (Å²) >= 11 is 0. The molecule has 0 spiro atoms. The van der Waals surface area contributed by atoms with Gasteiger partial charge in [0, 0.05) is 24.2 Å². The molecule has 82 valence electrons. The quantitative estimate of drug-likeness (QED) is 0.749. The van der Waals surface area contributed by atoms with E-state index in [2.05, 4.69) is 16.5 Å². The first-order chi connectivity index (χ1) is 7.70. The van der Waals surface area contributed by atoms with Crippen LogP contribution in [-0.4, -0.2) is 22.4 Å². The normalized spacial score (nSPS) is 26.8. The zero-order valence-corrected chi connectivity index (χ0v) is 9.18. The summed E-state index contributed by atoms with van der Waals surface area (Å²) in [6.07, 6.45) is 4.50. The standard InChI is InChI=1S/C12H13N3O/c1-3-8-5-13-12(14-7(8)2)15-6-9-4-10(9)11(15)16/h3,5,9-10H,1,4,6H2,2H3. The molecule has 2 unspecified atom stereocenters. The lowest BCUT2D eigenvalue weighted by molar-refractivity contribution is -0.118. The SMILES string of the molecule is C=Cc1cnc(N2CC3CC3C2=O)nc1C. The van der Waals surface area contributed by atoms with Crippen molar-refractivity contribution in [2.45, 2.75) is 13.3 Å². The van der Waals surface area contributed by atoms with E-state index in [-0.39, 0.29) is 11.8 Å². The fourth-order valence-electron chi connectivity index (χ4n) is 2.25. The summed E-state index contributed by atoms with van der Waals surface area (Å²) in [5.74, 6) is 1.54. The van der Waals surface area contributed by atoms with E-state index in [0.29, 0.717) is 11.9 Å². The summed E-state index contributed by atoms with van der Waals surface area (Å²) in [7, 11) is 0. The van der Waals surface area contributed by atoms with Gasteiger partial charge in [-0.15, -0.1) is 0 Å². The van der Waals surface area contributed by atoms with Gasteiger partial charge in [-0.1, -0.05) is 12.7 Å². The molecule has 16 heavy (non-hydrogen) atoms. The molecular weight excluding hydrogens is 202 g/mol. The number of rotatable bonds is 2. The van der Waals surface area contributed by atoms with Crippen molar-refractivity contribution < 1.29 is 4.79 Å². The predicted octanol–water partition coefficient (Wildman–Crippen LogP) is 1.41. The van der Waals surface area contributed by atoms with Crippen molar-refractivity contribution in [3.05, 3.63) is 24.0 Å². The van der Waals surface area contributed by atoms with Crippen molar-refractivity contribution in [2.75, 3.05) is 11.4 Å². The molecule has 2 aliphatic rings. The Labute approximate surface area is 94.0 Å². The Morgan fingerprint density at radius 2 is 2.44 bits per heavy atom. The molecule has 0 bridgehead atoms. The first kappa shape index (κ1) is 9.51. The molecule has 1 aromatic heterocycles. The van der Waals surface area contributed by atoms with Gasteiger partial charge in [0.2, 0.25) is 11.9 Å². The molecule has 0 aromatic carbocycles. The molecule has 2 heterocycles. The maximum absolute atomic E-state index is 11.8. The Morgan fingerprint density at radius 1 is 1.62 bits per heavy atom. The number of piperidine rings is 1. The zero-order chi connectivity index (χ0) is 11.3. The van der Waals surface area contributed by atoms with E-state index in [1.807, 2.05) is 6.92 Å². The average Bonchev–Trinajstić information content (AvgIpc) is 2.98. The van der Waals surface area contributed by atoms with E-state index in [4.69, 9.17) is 0 Å². The molecule has 4 heteroatoms. The van der Waals surface area contributed by atoms with Crippen molar-refractivity contribution >= 4 is 17.9 Å². The van der Waals surface area contributed by atoms with Crippen LogP contribution in [0, 0.1) is 18.8 Å². The van der Waals surface area contributed by atoms with Crippen molar-refractivity contribution in [3.63, 3.8) is 0 Å². The number of anilines is 1. The summed E-state index contributed by atoms with van der Waals surface area (Å²) < 4.78 is 0. The third-order valence-electron chi connectivity index (χ3n) is 3.39.